The molecule has 1 aromatic heterocycles. The van der Waals surface area contributed by atoms with E-state index in [1.165, 1.54) is 0 Å². The van der Waals surface area contributed by atoms with Gasteiger partial charge < -0.3 is 14.8 Å². The van der Waals surface area contributed by atoms with Gasteiger partial charge in [-0.1, -0.05) is 32.0 Å². The van der Waals surface area contributed by atoms with E-state index in [2.05, 4.69) is 33.0 Å². The molecule has 0 unspecified atom stereocenters. The molecule has 0 aliphatic carbocycles. The number of hydrogen-bond donors (Lipinski definition) is 1. The molecule has 2 amide bonds. The van der Waals surface area contributed by atoms with Crippen molar-refractivity contribution in [3.63, 3.8) is 0 Å². The summed E-state index contributed by atoms with van der Waals surface area (Å²) in [7, 11) is 0. The van der Waals surface area contributed by atoms with Crippen molar-refractivity contribution in [2.75, 3.05) is 5.32 Å². The second-order valence-corrected chi connectivity index (χ2v) is 7.91. The van der Waals surface area contributed by atoms with E-state index in [9.17, 15) is 9.59 Å². The summed E-state index contributed by atoms with van der Waals surface area (Å²) in [5.41, 5.74) is 0.697. The highest BCUT2D eigenvalue weighted by Crippen LogP contribution is 2.26. The van der Waals surface area contributed by atoms with Crippen LogP contribution in [0.3, 0.4) is 0 Å². The van der Waals surface area contributed by atoms with E-state index < -0.39 is 0 Å². The second-order valence-electron chi connectivity index (χ2n) is 7.91. The predicted octanol–water partition coefficient (Wildman–Crippen LogP) is 4.45. The number of aromatic nitrogens is 1. The van der Waals surface area contributed by atoms with Gasteiger partial charge in [-0.15, -0.1) is 0 Å². The first-order valence-corrected chi connectivity index (χ1v) is 9.60. The van der Waals surface area contributed by atoms with E-state index in [0.29, 0.717) is 23.5 Å². The molecule has 0 bridgehead atoms. The lowest BCUT2D eigenvalue weighted by Crippen LogP contribution is -2.49. The van der Waals surface area contributed by atoms with Gasteiger partial charge in [0.15, 0.2) is 0 Å². The fraction of sp³-hybridized carbons (Fsp3) is 0.524. The number of hydrogen-bond acceptors (Lipinski definition) is 2. The zero-order chi connectivity index (χ0) is 18.8. The molecule has 3 rings (SSSR count). The number of likely N-dealkylation sites (tertiary alicyclic amines) is 1. The Morgan fingerprint density at radius 2 is 1.77 bits per heavy atom. The third kappa shape index (κ3) is 3.62. The van der Waals surface area contributed by atoms with Crippen molar-refractivity contribution in [1.82, 2.24) is 9.47 Å². The van der Waals surface area contributed by atoms with Crippen LogP contribution in [0.4, 0.5) is 10.5 Å². The Labute approximate surface area is 155 Å². The van der Waals surface area contributed by atoms with E-state index in [0.717, 1.165) is 24.6 Å². The molecule has 1 aliphatic rings. The smallest absolute Gasteiger partial charge is 0.319 e. The Morgan fingerprint density at radius 1 is 1.15 bits per heavy atom. The number of anilines is 1. The summed E-state index contributed by atoms with van der Waals surface area (Å²) < 4.78 is 1.71. The van der Waals surface area contributed by atoms with Crippen LogP contribution in [-0.2, 0) is 6.54 Å². The largest absolute Gasteiger partial charge is 0.322 e. The summed E-state index contributed by atoms with van der Waals surface area (Å²) in [4.78, 5) is 27.7. The third-order valence-electron chi connectivity index (χ3n) is 5.22. The first-order valence-electron chi connectivity index (χ1n) is 9.60. The summed E-state index contributed by atoms with van der Waals surface area (Å²) in [5, 5.41) is 4.52. The molecule has 5 heteroatoms. The quantitative estimate of drug-likeness (QED) is 0.884. The van der Waals surface area contributed by atoms with Gasteiger partial charge >= 0.3 is 6.03 Å². The van der Waals surface area contributed by atoms with E-state index in [1.54, 1.807) is 10.8 Å². The Hall–Kier alpha value is -2.30. The zero-order valence-electron chi connectivity index (χ0n) is 16.2. The minimum Gasteiger partial charge on any atom is -0.319 e. The number of urea groups is 1. The zero-order valence-corrected chi connectivity index (χ0v) is 16.2. The van der Waals surface area contributed by atoms with Gasteiger partial charge in [-0.3, -0.25) is 4.79 Å². The first kappa shape index (κ1) is 18.5. The SMILES string of the molecule is CC(C)Cn1cc(NC(=O)N2[C@H](C)CCC[C@H]2C)c2ccccc2c1=O. The average molecular weight is 355 g/mol. The fourth-order valence-electron chi connectivity index (χ4n) is 3.97. The number of nitrogens with one attached hydrogen (secondary N) is 1. The van der Waals surface area contributed by atoms with Crippen LogP contribution in [-0.4, -0.2) is 27.6 Å². The highest BCUT2D eigenvalue weighted by molar-refractivity contribution is 6.01. The van der Waals surface area contributed by atoms with E-state index >= 15 is 0 Å². The molecule has 1 fully saturated rings. The molecule has 140 valence electrons. The van der Waals surface area contributed by atoms with Crippen molar-refractivity contribution in [2.45, 2.75) is 65.6 Å². The molecule has 2 aromatic rings. The first-order chi connectivity index (χ1) is 12.4. The lowest BCUT2D eigenvalue weighted by Gasteiger charge is -2.39. The van der Waals surface area contributed by atoms with Crippen molar-refractivity contribution in [3.05, 3.63) is 40.8 Å². The minimum absolute atomic E-state index is 0.00740. The molecular weight excluding hydrogens is 326 g/mol. The predicted molar refractivity (Wildman–Crippen MR) is 107 cm³/mol. The van der Waals surface area contributed by atoms with Crippen LogP contribution in [0.5, 0.6) is 0 Å². The monoisotopic (exact) mass is 355 g/mol. The van der Waals surface area contributed by atoms with Crippen molar-refractivity contribution >= 4 is 22.5 Å². The number of carbonyl (C=O) groups is 1. The molecule has 1 aromatic carbocycles. The van der Waals surface area contributed by atoms with Crippen LogP contribution in [0.25, 0.3) is 10.8 Å². The number of piperidine rings is 1. The Balaban J connectivity index is 2.00. The maximum atomic E-state index is 13.0. The molecule has 26 heavy (non-hydrogen) atoms. The third-order valence-corrected chi connectivity index (χ3v) is 5.22. The van der Waals surface area contributed by atoms with Gasteiger partial charge in [0.2, 0.25) is 0 Å². The maximum Gasteiger partial charge on any atom is 0.322 e. The van der Waals surface area contributed by atoms with Crippen molar-refractivity contribution in [3.8, 4) is 0 Å². The molecule has 0 radical (unpaired) electrons. The standard InChI is InChI=1S/C21H29N3O2/c1-14(2)12-23-13-19(17-10-5-6-11-18(17)20(23)25)22-21(26)24-15(3)8-7-9-16(24)4/h5-6,10-11,13-16H,7-9,12H2,1-4H3,(H,22,26)/t15-,16-/m1/s1. The van der Waals surface area contributed by atoms with Crippen LogP contribution < -0.4 is 10.9 Å². The number of benzene rings is 1. The Kier molecular flexibility index (Phi) is 5.35. The number of rotatable bonds is 3. The van der Waals surface area contributed by atoms with Gasteiger partial charge in [-0.05, 0) is 45.1 Å². The Morgan fingerprint density at radius 3 is 2.38 bits per heavy atom. The molecule has 2 atom stereocenters. The average Bonchev–Trinajstić information content (AvgIpc) is 2.58. The Bertz CT molecular complexity index is 846. The van der Waals surface area contributed by atoms with Crippen LogP contribution in [0.1, 0.15) is 47.0 Å². The lowest BCUT2D eigenvalue weighted by atomic mass is 9.98. The van der Waals surface area contributed by atoms with Crippen LogP contribution in [0, 0.1) is 5.92 Å². The second kappa shape index (κ2) is 7.52. The number of nitrogens with zero attached hydrogens (tertiary/aromatic N) is 2. The summed E-state index contributed by atoms with van der Waals surface area (Å²) in [6.45, 7) is 9.00. The number of fused-ring (bicyclic) bond motifs is 1. The minimum atomic E-state index is -0.0791. The van der Waals surface area contributed by atoms with Crippen LogP contribution >= 0.6 is 0 Å². The van der Waals surface area contributed by atoms with Gasteiger partial charge in [0.1, 0.15) is 0 Å². The van der Waals surface area contributed by atoms with Gasteiger partial charge in [0.25, 0.3) is 5.56 Å². The van der Waals surface area contributed by atoms with Crippen LogP contribution in [0.15, 0.2) is 35.3 Å². The van der Waals surface area contributed by atoms with E-state index in [-0.39, 0.29) is 23.7 Å². The molecular formula is C21H29N3O2. The van der Waals surface area contributed by atoms with Crippen LogP contribution in [0.2, 0.25) is 0 Å². The van der Waals surface area contributed by atoms with Crippen molar-refractivity contribution in [1.29, 1.82) is 0 Å². The summed E-state index contributed by atoms with van der Waals surface area (Å²) in [6.07, 6.45) is 5.02. The topological polar surface area (TPSA) is 54.3 Å². The number of carbonyl (C=O) groups excluding carboxylic acids is 1. The van der Waals surface area contributed by atoms with Crippen molar-refractivity contribution < 1.29 is 4.79 Å². The molecule has 1 aliphatic heterocycles. The maximum absolute atomic E-state index is 13.0. The fourth-order valence-corrected chi connectivity index (χ4v) is 3.97. The van der Waals surface area contributed by atoms with E-state index in [4.69, 9.17) is 0 Å². The van der Waals surface area contributed by atoms with Gasteiger partial charge in [0, 0.05) is 35.6 Å². The molecule has 0 spiro atoms. The number of amides is 2. The summed E-state index contributed by atoms with van der Waals surface area (Å²) in [6, 6.07) is 7.87. The summed E-state index contributed by atoms with van der Waals surface area (Å²) in [5.74, 6) is 0.347. The highest BCUT2D eigenvalue weighted by atomic mass is 16.2. The molecule has 5 nitrogen and oxygen atoms in total. The van der Waals surface area contributed by atoms with Gasteiger partial charge in [-0.25, -0.2) is 4.79 Å². The molecule has 1 saturated heterocycles. The summed E-state index contributed by atoms with van der Waals surface area (Å²) >= 11 is 0. The van der Waals surface area contributed by atoms with Gasteiger partial charge in [-0.2, -0.15) is 0 Å². The molecule has 2 heterocycles. The molecule has 0 saturated carbocycles. The number of pyridine rings is 1. The highest BCUT2D eigenvalue weighted by Gasteiger charge is 2.29. The van der Waals surface area contributed by atoms with Gasteiger partial charge in [0.05, 0.1) is 5.69 Å². The normalized spacial score (nSPS) is 20.6. The lowest BCUT2D eigenvalue weighted by molar-refractivity contribution is 0.133. The van der Waals surface area contributed by atoms with Crippen molar-refractivity contribution in [2.24, 2.45) is 5.92 Å². The van der Waals surface area contributed by atoms with E-state index in [1.807, 2.05) is 29.2 Å². The molecule has 1 N–H and O–H groups in total.